The molecular formula is C14H24N2O4. The van der Waals surface area contributed by atoms with Gasteiger partial charge in [-0.25, -0.2) is 0 Å². The van der Waals surface area contributed by atoms with Gasteiger partial charge >= 0.3 is 0 Å². The smallest absolute Gasteiger partial charge is 0.0890 e. The van der Waals surface area contributed by atoms with Crippen molar-refractivity contribution in [2.24, 2.45) is 0 Å². The standard InChI is InChI=1S/C14H24N2O4/c1-5-11-17-15(18-12-6-2)9-10-16(19-13-7-3)20-14-8-4/h5-8H,1-4,9-14H2. The van der Waals surface area contributed by atoms with E-state index in [1.54, 1.807) is 24.3 Å². The minimum atomic E-state index is 0.345. The summed E-state index contributed by atoms with van der Waals surface area (Å²) in [4.78, 5) is 21.3. The highest BCUT2D eigenvalue weighted by Crippen LogP contribution is 1.99. The van der Waals surface area contributed by atoms with Crippen LogP contribution >= 0.6 is 0 Å². The van der Waals surface area contributed by atoms with Crippen molar-refractivity contribution in [1.82, 2.24) is 10.5 Å². The lowest BCUT2D eigenvalue weighted by molar-refractivity contribution is -0.393. The maximum atomic E-state index is 5.32. The van der Waals surface area contributed by atoms with Gasteiger partial charge in [0.25, 0.3) is 0 Å². The largest absolute Gasteiger partial charge is 0.270 e. The molecule has 20 heavy (non-hydrogen) atoms. The summed E-state index contributed by atoms with van der Waals surface area (Å²) in [5.74, 6) is 0. The summed E-state index contributed by atoms with van der Waals surface area (Å²) in [6.07, 6.45) is 6.52. The van der Waals surface area contributed by atoms with Gasteiger partial charge in [0.1, 0.15) is 0 Å². The second-order valence-corrected chi connectivity index (χ2v) is 3.45. The van der Waals surface area contributed by atoms with Crippen LogP contribution in [-0.4, -0.2) is 50.0 Å². The van der Waals surface area contributed by atoms with Gasteiger partial charge in [-0.15, -0.1) is 26.3 Å². The Kier molecular flexibility index (Phi) is 13.2. The van der Waals surface area contributed by atoms with E-state index in [2.05, 4.69) is 26.3 Å². The summed E-state index contributed by atoms with van der Waals surface area (Å²) >= 11 is 0. The van der Waals surface area contributed by atoms with Crippen molar-refractivity contribution in [3.63, 3.8) is 0 Å². The van der Waals surface area contributed by atoms with Gasteiger partial charge in [-0.1, -0.05) is 34.8 Å². The molecule has 6 nitrogen and oxygen atoms in total. The van der Waals surface area contributed by atoms with Gasteiger partial charge in [0.05, 0.1) is 39.5 Å². The fourth-order valence-electron chi connectivity index (χ4n) is 1.04. The highest BCUT2D eigenvalue weighted by atomic mass is 17.0. The molecule has 0 heterocycles. The summed E-state index contributed by atoms with van der Waals surface area (Å²) in [6, 6.07) is 0. The molecule has 0 aromatic carbocycles. The Morgan fingerprint density at radius 2 is 0.800 bits per heavy atom. The third-order valence-electron chi connectivity index (χ3n) is 1.81. The second-order valence-electron chi connectivity index (χ2n) is 3.45. The van der Waals surface area contributed by atoms with E-state index in [1.807, 2.05) is 0 Å². The summed E-state index contributed by atoms with van der Waals surface area (Å²) in [5.41, 5.74) is 0. The van der Waals surface area contributed by atoms with E-state index >= 15 is 0 Å². The van der Waals surface area contributed by atoms with Crippen molar-refractivity contribution in [2.75, 3.05) is 39.5 Å². The Hall–Kier alpha value is -1.28. The third kappa shape index (κ3) is 10.6. The first kappa shape index (κ1) is 18.7. The van der Waals surface area contributed by atoms with E-state index in [9.17, 15) is 0 Å². The van der Waals surface area contributed by atoms with Gasteiger partial charge in [-0.05, 0) is 0 Å². The van der Waals surface area contributed by atoms with Crippen LogP contribution < -0.4 is 0 Å². The normalized spacial score (nSPS) is 10.7. The molecule has 0 rings (SSSR count). The number of hydrogen-bond donors (Lipinski definition) is 0. The van der Waals surface area contributed by atoms with Gasteiger partial charge < -0.3 is 0 Å². The highest BCUT2D eigenvalue weighted by Gasteiger charge is 2.10. The van der Waals surface area contributed by atoms with E-state index in [-0.39, 0.29) is 0 Å². The van der Waals surface area contributed by atoms with E-state index < -0.39 is 0 Å². The molecule has 0 aliphatic heterocycles. The van der Waals surface area contributed by atoms with E-state index in [4.69, 9.17) is 19.4 Å². The lowest BCUT2D eigenvalue weighted by Gasteiger charge is -2.24. The predicted octanol–water partition coefficient (Wildman–Crippen LogP) is 2.06. The fraction of sp³-hybridized carbons (Fsp3) is 0.429. The zero-order valence-electron chi connectivity index (χ0n) is 11.9. The Labute approximate surface area is 121 Å². The molecule has 0 aromatic heterocycles. The highest BCUT2D eigenvalue weighted by molar-refractivity contribution is 4.65. The SMILES string of the molecule is C=CCON(CCN(OCC=C)OCC=C)OCC=C. The molecule has 0 saturated carbocycles. The minimum absolute atomic E-state index is 0.345. The predicted molar refractivity (Wildman–Crippen MR) is 78.0 cm³/mol. The molecule has 0 spiro atoms. The Bertz CT molecular complexity index is 232. The van der Waals surface area contributed by atoms with E-state index in [0.717, 1.165) is 0 Å². The van der Waals surface area contributed by atoms with Crippen molar-refractivity contribution in [3.05, 3.63) is 50.6 Å². The van der Waals surface area contributed by atoms with Gasteiger partial charge in [-0.3, -0.25) is 19.4 Å². The average Bonchev–Trinajstić information content (AvgIpc) is 2.48. The molecule has 0 atom stereocenters. The van der Waals surface area contributed by atoms with Crippen LogP contribution in [0.4, 0.5) is 0 Å². The Morgan fingerprint density at radius 3 is 1.00 bits per heavy atom. The molecule has 6 heteroatoms. The topological polar surface area (TPSA) is 43.4 Å². The van der Waals surface area contributed by atoms with Crippen LogP contribution in [0.25, 0.3) is 0 Å². The van der Waals surface area contributed by atoms with E-state index in [0.29, 0.717) is 39.5 Å². The molecule has 0 bridgehead atoms. The zero-order valence-corrected chi connectivity index (χ0v) is 11.9. The van der Waals surface area contributed by atoms with Crippen LogP contribution in [0.2, 0.25) is 0 Å². The number of rotatable bonds is 15. The molecule has 0 aliphatic rings. The monoisotopic (exact) mass is 284 g/mol. The van der Waals surface area contributed by atoms with Gasteiger partial charge in [0, 0.05) is 0 Å². The third-order valence-corrected chi connectivity index (χ3v) is 1.81. The quantitative estimate of drug-likeness (QED) is 0.339. The molecule has 0 radical (unpaired) electrons. The lowest BCUT2D eigenvalue weighted by Crippen LogP contribution is -2.36. The molecule has 0 aromatic rings. The van der Waals surface area contributed by atoms with Crippen molar-refractivity contribution in [2.45, 2.75) is 0 Å². The summed E-state index contributed by atoms with van der Waals surface area (Å²) in [6.45, 7) is 16.5. The summed E-state index contributed by atoms with van der Waals surface area (Å²) in [5, 5.41) is 2.68. The molecule has 0 saturated heterocycles. The first-order valence-electron chi connectivity index (χ1n) is 6.28. The Morgan fingerprint density at radius 1 is 0.550 bits per heavy atom. The molecule has 0 unspecified atom stereocenters. The molecular weight excluding hydrogens is 260 g/mol. The van der Waals surface area contributed by atoms with Crippen LogP contribution in [0.1, 0.15) is 0 Å². The molecule has 0 fully saturated rings. The maximum Gasteiger partial charge on any atom is 0.0890 e. The van der Waals surface area contributed by atoms with Crippen LogP contribution in [-0.2, 0) is 19.4 Å². The second kappa shape index (κ2) is 14.1. The van der Waals surface area contributed by atoms with Crippen molar-refractivity contribution in [3.8, 4) is 0 Å². The molecule has 0 aliphatic carbocycles. The average molecular weight is 284 g/mol. The zero-order chi connectivity index (χ0) is 15.1. The van der Waals surface area contributed by atoms with Crippen LogP contribution in [0.5, 0.6) is 0 Å². The van der Waals surface area contributed by atoms with Crippen molar-refractivity contribution < 1.29 is 19.4 Å². The van der Waals surface area contributed by atoms with Gasteiger partial charge in [0.2, 0.25) is 0 Å². The van der Waals surface area contributed by atoms with Crippen molar-refractivity contribution >= 4 is 0 Å². The minimum Gasteiger partial charge on any atom is -0.270 e. The van der Waals surface area contributed by atoms with Gasteiger partial charge in [0.15, 0.2) is 0 Å². The molecule has 114 valence electrons. The first-order chi connectivity index (χ1) is 9.78. The maximum absolute atomic E-state index is 5.32. The van der Waals surface area contributed by atoms with E-state index in [1.165, 1.54) is 10.5 Å². The number of hydrogen-bond acceptors (Lipinski definition) is 6. The van der Waals surface area contributed by atoms with Crippen LogP contribution in [0, 0.1) is 0 Å². The van der Waals surface area contributed by atoms with Crippen molar-refractivity contribution in [1.29, 1.82) is 0 Å². The van der Waals surface area contributed by atoms with Gasteiger partial charge in [-0.2, -0.15) is 0 Å². The first-order valence-corrected chi connectivity index (χ1v) is 6.28. The molecule has 0 amide bonds. The number of hydroxylamine groups is 4. The Balaban J connectivity index is 4.17. The fourth-order valence-corrected chi connectivity index (χ4v) is 1.04. The summed E-state index contributed by atoms with van der Waals surface area (Å²) in [7, 11) is 0. The molecule has 0 N–H and O–H groups in total. The van der Waals surface area contributed by atoms with Crippen LogP contribution in [0.15, 0.2) is 50.6 Å². The lowest BCUT2D eigenvalue weighted by atomic mass is 10.6. The number of nitrogens with zero attached hydrogens (tertiary/aromatic N) is 2. The van der Waals surface area contributed by atoms with Crippen LogP contribution in [0.3, 0.4) is 0 Å². The summed E-state index contributed by atoms with van der Waals surface area (Å²) < 4.78 is 0.